The lowest BCUT2D eigenvalue weighted by Crippen LogP contribution is -2.53. The van der Waals surface area contributed by atoms with Crippen molar-refractivity contribution in [2.75, 3.05) is 13.6 Å². The van der Waals surface area contributed by atoms with Gasteiger partial charge in [0.25, 0.3) is 11.8 Å². The van der Waals surface area contributed by atoms with Gasteiger partial charge in [-0.3, -0.25) is 25.3 Å². The largest absolute Gasteiger partial charge is 0.481 e. The zero-order valence-electron chi connectivity index (χ0n) is 15.4. The summed E-state index contributed by atoms with van der Waals surface area (Å²) in [6.07, 6.45) is -5.32. The molecule has 146 valence electrons. The van der Waals surface area contributed by atoms with Crippen molar-refractivity contribution >= 4 is 11.8 Å². The maximum atomic E-state index is 12.4. The Labute approximate surface area is 150 Å². The number of likely N-dealkylation sites (N-methyl/N-ethyl adjacent to an activating group) is 1. The number of ether oxygens (including phenoxy) is 1. The number of aryl methyl sites for hydroxylation is 1. The molecule has 1 aromatic rings. The van der Waals surface area contributed by atoms with Crippen LogP contribution in [0.3, 0.4) is 0 Å². The van der Waals surface area contributed by atoms with Crippen LogP contribution in [0.5, 0.6) is 5.75 Å². The fourth-order valence-electron chi connectivity index (χ4n) is 2.04. The number of hydrazine groups is 1. The van der Waals surface area contributed by atoms with Gasteiger partial charge in [-0.15, -0.1) is 0 Å². The lowest BCUT2D eigenvalue weighted by molar-refractivity contribution is -0.152. The Hall–Kier alpha value is -2.29. The third-order valence-corrected chi connectivity index (χ3v) is 4.01. The minimum Gasteiger partial charge on any atom is -0.481 e. The van der Waals surface area contributed by atoms with Crippen molar-refractivity contribution in [3.8, 4) is 5.75 Å². The van der Waals surface area contributed by atoms with Gasteiger partial charge >= 0.3 is 6.18 Å². The van der Waals surface area contributed by atoms with Crippen molar-refractivity contribution in [3.05, 3.63) is 29.3 Å². The Balaban J connectivity index is 2.54. The molecular weight excluding hydrogens is 351 g/mol. The van der Waals surface area contributed by atoms with E-state index in [0.717, 1.165) is 16.0 Å². The number of carbonyl (C=O) groups is 2. The van der Waals surface area contributed by atoms with Crippen molar-refractivity contribution in [2.24, 2.45) is 0 Å². The number of nitrogens with one attached hydrogen (secondary N) is 2. The van der Waals surface area contributed by atoms with Gasteiger partial charge in [-0.05, 0) is 51.9 Å². The number of amides is 2. The van der Waals surface area contributed by atoms with E-state index in [1.807, 2.05) is 19.9 Å². The molecule has 0 radical (unpaired) electrons. The highest BCUT2D eigenvalue weighted by Gasteiger charge is 2.32. The Morgan fingerprint density at radius 2 is 1.73 bits per heavy atom. The molecule has 0 fully saturated rings. The summed E-state index contributed by atoms with van der Waals surface area (Å²) in [5.41, 5.74) is 6.17. The molecule has 0 aliphatic rings. The summed E-state index contributed by atoms with van der Waals surface area (Å²) >= 11 is 0. The van der Waals surface area contributed by atoms with Crippen LogP contribution >= 0.6 is 0 Å². The molecule has 2 amide bonds. The smallest absolute Gasteiger partial charge is 0.401 e. The molecule has 2 atom stereocenters. The monoisotopic (exact) mass is 375 g/mol. The maximum absolute atomic E-state index is 12.4. The van der Waals surface area contributed by atoms with Gasteiger partial charge in [-0.2, -0.15) is 13.2 Å². The molecule has 0 aliphatic heterocycles. The summed E-state index contributed by atoms with van der Waals surface area (Å²) in [7, 11) is 1.17. The minimum absolute atomic E-state index is 0.539. The number of nitrogens with zero attached hydrogens (tertiary/aromatic N) is 1. The third kappa shape index (κ3) is 6.55. The summed E-state index contributed by atoms with van der Waals surface area (Å²) in [6, 6.07) is 4.35. The number of hydrogen-bond donors (Lipinski definition) is 2. The quantitative estimate of drug-likeness (QED) is 0.747. The molecule has 0 heterocycles. The Morgan fingerprint density at radius 3 is 2.31 bits per heavy atom. The normalized spacial score (nSPS) is 13.9. The first-order chi connectivity index (χ1) is 11.9. The van der Waals surface area contributed by atoms with E-state index in [1.54, 1.807) is 12.1 Å². The first-order valence-electron chi connectivity index (χ1n) is 8.02. The molecule has 0 saturated carbocycles. The van der Waals surface area contributed by atoms with Crippen molar-refractivity contribution in [2.45, 2.75) is 46.0 Å². The topological polar surface area (TPSA) is 70.7 Å². The molecule has 0 saturated heterocycles. The van der Waals surface area contributed by atoms with Crippen molar-refractivity contribution in [1.82, 2.24) is 15.8 Å². The minimum atomic E-state index is -4.42. The second kappa shape index (κ2) is 8.88. The van der Waals surface area contributed by atoms with E-state index in [1.165, 1.54) is 20.9 Å². The van der Waals surface area contributed by atoms with Gasteiger partial charge < -0.3 is 4.74 Å². The van der Waals surface area contributed by atoms with E-state index in [2.05, 4.69) is 10.9 Å². The molecule has 1 aromatic carbocycles. The number of alkyl halides is 3. The highest BCUT2D eigenvalue weighted by molar-refractivity contribution is 5.86. The van der Waals surface area contributed by atoms with E-state index in [9.17, 15) is 22.8 Å². The number of hydrogen-bond acceptors (Lipinski definition) is 4. The van der Waals surface area contributed by atoms with E-state index < -0.39 is 36.7 Å². The predicted molar refractivity (Wildman–Crippen MR) is 90.4 cm³/mol. The van der Waals surface area contributed by atoms with Crippen LogP contribution in [0.25, 0.3) is 0 Å². The van der Waals surface area contributed by atoms with Crippen LogP contribution in [-0.4, -0.2) is 48.6 Å². The Morgan fingerprint density at radius 1 is 1.15 bits per heavy atom. The summed E-state index contributed by atoms with van der Waals surface area (Å²) in [5, 5.41) is 0. The highest BCUT2D eigenvalue weighted by atomic mass is 19.4. The maximum Gasteiger partial charge on any atom is 0.401 e. The molecule has 0 aromatic heterocycles. The van der Waals surface area contributed by atoms with Crippen LogP contribution in [0, 0.1) is 13.8 Å². The van der Waals surface area contributed by atoms with E-state index in [0.29, 0.717) is 5.75 Å². The van der Waals surface area contributed by atoms with Gasteiger partial charge in [0.05, 0.1) is 12.6 Å². The summed E-state index contributed by atoms with van der Waals surface area (Å²) < 4.78 is 42.6. The average molecular weight is 375 g/mol. The van der Waals surface area contributed by atoms with Crippen LogP contribution < -0.4 is 15.6 Å². The van der Waals surface area contributed by atoms with E-state index in [4.69, 9.17) is 4.74 Å². The first kappa shape index (κ1) is 21.8. The second-order valence-corrected chi connectivity index (χ2v) is 6.14. The number of benzene rings is 1. The summed E-state index contributed by atoms with van der Waals surface area (Å²) in [6.45, 7) is 5.34. The molecule has 9 heteroatoms. The number of halogens is 3. The van der Waals surface area contributed by atoms with Gasteiger partial charge in [-0.1, -0.05) is 12.1 Å². The van der Waals surface area contributed by atoms with Crippen molar-refractivity contribution in [3.63, 3.8) is 0 Å². The van der Waals surface area contributed by atoms with Gasteiger partial charge in [-0.25, -0.2) is 0 Å². The van der Waals surface area contributed by atoms with Crippen LogP contribution in [-0.2, 0) is 9.59 Å². The van der Waals surface area contributed by atoms with Crippen molar-refractivity contribution in [1.29, 1.82) is 0 Å². The first-order valence-corrected chi connectivity index (χ1v) is 8.02. The molecule has 0 bridgehead atoms. The van der Waals surface area contributed by atoms with Crippen LogP contribution in [0.15, 0.2) is 18.2 Å². The SMILES string of the molecule is Cc1cccc(O[C@@H](C)C(=O)NNC(=O)[C@H](C)N(C)CC(F)(F)F)c1C. The van der Waals surface area contributed by atoms with Gasteiger partial charge in [0, 0.05) is 0 Å². The standard InChI is InChI=1S/C17H24F3N3O3/c1-10-7-6-8-14(11(10)2)26-13(4)16(25)22-21-15(24)12(3)23(5)9-17(18,19)20/h6-8,12-13H,9H2,1-5H3,(H,21,24)(H,22,25)/t12-,13-/m0/s1. The molecule has 0 unspecified atom stereocenters. The zero-order chi connectivity index (χ0) is 20.1. The van der Waals surface area contributed by atoms with E-state index >= 15 is 0 Å². The molecule has 2 N–H and O–H groups in total. The predicted octanol–water partition coefficient (Wildman–Crippen LogP) is 2.10. The summed E-state index contributed by atoms with van der Waals surface area (Å²) in [5.74, 6) is -0.841. The zero-order valence-corrected chi connectivity index (χ0v) is 15.4. The fraction of sp³-hybridized carbons (Fsp3) is 0.529. The molecule has 6 nitrogen and oxygen atoms in total. The molecule has 26 heavy (non-hydrogen) atoms. The van der Waals surface area contributed by atoms with Crippen LogP contribution in [0.4, 0.5) is 13.2 Å². The third-order valence-electron chi connectivity index (χ3n) is 4.01. The second-order valence-electron chi connectivity index (χ2n) is 6.14. The number of rotatable bonds is 6. The van der Waals surface area contributed by atoms with Crippen molar-refractivity contribution < 1.29 is 27.5 Å². The molecular formula is C17H24F3N3O3. The van der Waals surface area contributed by atoms with Gasteiger partial charge in [0.2, 0.25) is 0 Å². The lowest BCUT2D eigenvalue weighted by atomic mass is 10.1. The lowest BCUT2D eigenvalue weighted by Gasteiger charge is -2.25. The summed E-state index contributed by atoms with van der Waals surface area (Å²) in [4.78, 5) is 24.7. The van der Waals surface area contributed by atoms with Gasteiger partial charge in [0.1, 0.15) is 5.75 Å². The molecule has 0 spiro atoms. The van der Waals surface area contributed by atoms with Crippen LogP contribution in [0.1, 0.15) is 25.0 Å². The average Bonchev–Trinajstić information content (AvgIpc) is 2.54. The fourth-order valence-corrected chi connectivity index (χ4v) is 2.04. The molecule has 0 aliphatic carbocycles. The molecule has 1 rings (SSSR count). The Kier molecular flexibility index (Phi) is 7.43. The van der Waals surface area contributed by atoms with E-state index in [-0.39, 0.29) is 0 Å². The van der Waals surface area contributed by atoms with Crippen LogP contribution in [0.2, 0.25) is 0 Å². The number of carbonyl (C=O) groups excluding carboxylic acids is 2. The highest BCUT2D eigenvalue weighted by Crippen LogP contribution is 2.21. The Bertz CT molecular complexity index is 650. The van der Waals surface area contributed by atoms with Gasteiger partial charge in [0.15, 0.2) is 6.10 Å².